The molecule has 0 amide bonds. The van der Waals surface area contributed by atoms with E-state index in [1.165, 1.54) is 27.8 Å². The van der Waals surface area contributed by atoms with Gasteiger partial charge in [0.05, 0.1) is 18.3 Å². The Kier molecular flexibility index (Phi) is 4.07. The molecule has 0 aliphatic carbocycles. The summed E-state index contributed by atoms with van der Waals surface area (Å²) in [6.07, 6.45) is 3.31. The minimum Gasteiger partial charge on any atom is -0.859 e. The summed E-state index contributed by atoms with van der Waals surface area (Å²) in [5.74, 6) is -0.430. The molecule has 0 N–H and O–H groups in total. The quantitative estimate of drug-likeness (QED) is 0.717. The Labute approximate surface area is 151 Å². The molecule has 3 heterocycles. The molecule has 0 saturated carbocycles. The molecule has 0 atom stereocenters. The third-order valence-electron chi connectivity index (χ3n) is 4.97. The molecule has 4 rings (SSSR count). The number of aliphatic imine (C=N–C) groups is 1. The second-order valence-corrected chi connectivity index (χ2v) is 6.72. The maximum absolute atomic E-state index is 13.2. The molecule has 2 aromatic heterocycles. The number of hydrogen-bond acceptors (Lipinski definition) is 3. The minimum absolute atomic E-state index is 0.145. The van der Waals surface area contributed by atoms with E-state index in [1.54, 1.807) is 24.4 Å². The lowest BCUT2D eigenvalue weighted by atomic mass is 9.99. The number of rotatable bonds is 4. The molecule has 0 saturated heterocycles. The van der Waals surface area contributed by atoms with Crippen LogP contribution in [0.15, 0.2) is 58.7 Å². The highest BCUT2D eigenvalue weighted by atomic mass is 19.1. The van der Waals surface area contributed by atoms with Crippen molar-refractivity contribution in [2.75, 3.05) is 6.54 Å². The van der Waals surface area contributed by atoms with Crippen molar-refractivity contribution in [3.05, 3.63) is 65.1 Å². The van der Waals surface area contributed by atoms with Crippen molar-refractivity contribution in [3.8, 4) is 17.0 Å². The van der Waals surface area contributed by atoms with Crippen molar-refractivity contribution >= 4 is 11.2 Å². The molecular weight excluding hydrogens is 329 g/mol. The molecule has 26 heavy (non-hydrogen) atoms. The average molecular weight is 348 g/mol. The first-order valence-corrected chi connectivity index (χ1v) is 8.66. The van der Waals surface area contributed by atoms with Crippen molar-refractivity contribution in [2.45, 2.75) is 26.7 Å². The summed E-state index contributed by atoms with van der Waals surface area (Å²) < 4.78 is 14.6. The van der Waals surface area contributed by atoms with E-state index in [0.29, 0.717) is 0 Å². The Morgan fingerprint density at radius 1 is 1.12 bits per heavy atom. The highest BCUT2D eigenvalue weighted by Crippen LogP contribution is 2.29. The van der Waals surface area contributed by atoms with Gasteiger partial charge < -0.3 is 5.11 Å². The van der Waals surface area contributed by atoms with E-state index in [4.69, 9.17) is 0 Å². The van der Waals surface area contributed by atoms with Gasteiger partial charge in [0.1, 0.15) is 5.82 Å². The third kappa shape index (κ3) is 2.90. The topological polar surface area (TPSA) is 52.7 Å². The largest absolute Gasteiger partial charge is 0.859 e. The van der Waals surface area contributed by atoms with E-state index in [9.17, 15) is 9.50 Å². The number of benzene rings is 1. The number of nitrogens with zero attached hydrogens (tertiary/aromatic N) is 3. The number of halogens is 1. The molecule has 0 bridgehead atoms. The molecule has 5 heteroatoms. The summed E-state index contributed by atoms with van der Waals surface area (Å²) >= 11 is 0. The Morgan fingerprint density at radius 3 is 2.58 bits per heavy atom. The molecule has 0 radical (unpaired) electrons. The van der Waals surface area contributed by atoms with Crippen LogP contribution in [0.5, 0.6) is 5.88 Å². The lowest BCUT2D eigenvalue weighted by Crippen LogP contribution is -2.03. The smallest absolute Gasteiger partial charge is 0.123 e. The number of hydrogen-bond donors (Lipinski definition) is 0. The van der Waals surface area contributed by atoms with E-state index in [2.05, 4.69) is 17.0 Å². The average Bonchev–Trinajstić information content (AvgIpc) is 3.18. The van der Waals surface area contributed by atoms with Gasteiger partial charge in [0, 0.05) is 11.3 Å². The van der Waals surface area contributed by atoms with Crippen molar-refractivity contribution in [2.24, 2.45) is 4.99 Å². The summed E-state index contributed by atoms with van der Waals surface area (Å²) in [5, 5.41) is 16.6. The highest BCUT2D eigenvalue weighted by Gasteiger charge is 2.13. The maximum atomic E-state index is 13.2. The normalized spacial score (nSPS) is 14.3. The van der Waals surface area contributed by atoms with Crippen LogP contribution in [0.4, 0.5) is 4.39 Å². The molecule has 1 aromatic carbocycles. The van der Waals surface area contributed by atoms with Crippen LogP contribution in [0.3, 0.4) is 0 Å². The van der Waals surface area contributed by atoms with Gasteiger partial charge in [0.2, 0.25) is 0 Å². The monoisotopic (exact) mass is 348 g/mol. The molecular formula is C21H19FN3O-. The summed E-state index contributed by atoms with van der Waals surface area (Å²) in [6, 6.07) is 9.89. The van der Waals surface area contributed by atoms with Crippen LogP contribution in [-0.4, -0.2) is 21.9 Å². The third-order valence-corrected chi connectivity index (χ3v) is 4.97. The molecule has 0 unspecified atom stereocenters. The van der Waals surface area contributed by atoms with Crippen molar-refractivity contribution in [1.82, 2.24) is 9.61 Å². The Bertz CT molecular complexity index is 1050. The predicted octanol–water partition coefficient (Wildman–Crippen LogP) is 3.94. The van der Waals surface area contributed by atoms with E-state index in [1.807, 2.05) is 13.0 Å². The predicted molar refractivity (Wildman–Crippen MR) is 99.0 cm³/mol. The highest BCUT2D eigenvalue weighted by molar-refractivity contribution is 6.00. The summed E-state index contributed by atoms with van der Waals surface area (Å²) in [5.41, 5.74) is 7.11. The Morgan fingerprint density at radius 2 is 1.88 bits per heavy atom. The molecule has 0 fully saturated rings. The van der Waals surface area contributed by atoms with Gasteiger partial charge in [-0.15, -0.1) is 0 Å². The lowest BCUT2D eigenvalue weighted by molar-refractivity contribution is -0.277. The van der Waals surface area contributed by atoms with Crippen LogP contribution in [0.1, 0.15) is 25.8 Å². The molecule has 4 nitrogen and oxygen atoms in total. The van der Waals surface area contributed by atoms with E-state index < -0.39 is 0 Å². The fourth-order valence-corrected chi connectivity index (χ4v) is 3.51. The van der Waals surface area contributed by atoms with E-state index >= 15 is 0 Å². The Balaban J connectivity index is 1.69. The van der Waals surface area contributed by atoms with Gasteiger partial charge in [-0.3, -0.25) is 4.99 Å². The van der Waals surface area contributed by atoms with Crippen LogP contribution in [0, 0.1) is 5.82 Å². The number of aryl methyl sites for hydroxylation is 1. The maximum Gasteiger partial charge on any atom is 0.123 e. The van der Waals surface area contributed by atoms with Crippen LogP contribution in [-0.2, 0) is 6.42 Å². The number of allylic oxidation sites excluding steroid dienone is 1. The first-order valence-electron chi connectivity index (χ1n) is 8.66. The Hall–Kier alpha value is -2.95. The standard InChI is InChI=1S/C21H20FN3O/c1-13-11-23-14(2)18(13)8-3-15-9-20-19(12-24-25(20)21(26)10-15)16-4-6-17(22)7-5-16/h4-7,9-10,12,26H,3,8,11H2,1-2H3/p-1. The summed E-state index contributed by atoms with van der Waals surface area (Å²) in [6.45, 7) is 4.93. The number of fused-ring (bicyclic) bond motifs is 1. The van der Waals surface area contributed by atoms with Gasteiger partial charge in [-0.1, -0.05) is 12.1 Å². The fraction of sp³-hybridized carbons (Fsp3) is 0.238. The first kappa shape index (κ1) is 16.5. The van der Waals surface area contributed by atoms with E-state index in [-0.39, 0.29) is 11.7 Å². The SMILES string of the molecule is CC1=NCC(C)=C1CCc1cc([O-])n2ncc(-c3ccc(F)cc3)c2c1. The lowest BCUT2D eigenvalue weighted by Gasteiger charge is -2.13. The zero-order valence-electron chi connectivity index (χ0n) is 14.8. The molecule has 1 aliphatic rings. The van der Waals surface area contributed by atoms with Crippen molar-refractivity contribution in [3.63, 3.8) is 0 Å². The van der Waals surface area contributed by atoms with Crippen LogP contribution >= 0.6 is 0 Å². The first-order chi connectivity index (χ1) is 12.5. The van der Waals surface area contributed by atoms with Gasteiger partial charge in [-0.2, -0.15) is 5.10 Å². The second kappa shape index (κ2) is 6.41. The van der Waals surface area contributed by atoms with Gasteiger partial charge in [-0.25, -0.2) is 8.91 Å². The molecule has 0 spiro atoms. The molecule has 1 aliphatic heterocycles. The summed E-state index contributed by atoms with van der Waals surface area (Å²) in [7, 11) is 0. The van der Waals surface area contributed by atoms with Gasteiger partial charge in [0.25, 0.3) is 0 Å². The zero-order chi connectivity index (χ0) is 18.3. The summed E-state index contributed by atoms with van der Waals surface area (Å²) in [4.78, 5) is 4.47. The van der Waals surface area contributed by atoms with Crippen molar-refractivity contribution < 1.29 is 9.50 Å². The van der Waals surface area contributed by atoms with E-state index in [0.717, 1.165) is 47.3 Å². The molecule has 132 valence electrons. The van der Waals surface area contributed by atoms with Gasteiger partial charge >= 0.3 is 0 Å². The van der Waals surface area contributed by atoms with Crippen LogP contribution < -0.4 is 5.11 Å². The second-order valence-electron chi connectivity index (χ2n) is 6.72. The number of pyridine rings is 1. The fourth-order valence-electron chi connectivity index (χ4n) is 3.51. The molecule has 3 aromatic rings. The van der Waals surface area contributed by atoms with Crippen molar-refractivity contribution in [1.29, 1.82) is 0 Å². The number of aromatic nitrogens is 2. The van der Waals surface area contributed by atoms with Crippen LogP contribution in [0.25, 0.3) is 16.6 Å². The minimum atomic E-state index is -0.285. The van der Waals surface area contributed by atoms with Gasteiger partial charge in [0.15, 0.2) is 0 Å². The zero-order valence-corrected chi connectivity index (χ0v) is 14.8. The van der Waals surface area contributed by atoms with Crippen LogP contribution in [0.2, 0.25) is 0 Å². The van der Waals surface area contributed by atoms with Gasteiger partial charge in [-0.05, 0) is 79.1 Å².